The molecule has 11 nitrogen and oxygen atoms in total. The molecule has 1 aromatic heterocycles. The van der Waals surface area contributed by atoms with Crippen molar-refractivity contribution in [3.8, 4) is 0 Å². The quantitative estimate of drug-likeness (QED) is 0.366. The third-order valence-corrected chi connectivity index (χ3v) is 3.47. The molecule has 124 valence electrons. The highest BCUT2D eigenvalue weighted by Gasteiger charge is 2.59. The van der Waals surface area contributed by atoms with Gasteiger partial charge >= 0.3 is 19.5 Å². The lowest BCUT2D eigenvalue weighted by Gasteiger charge is -2.25. The van der Waals surface area contributed by atoms with Crippen molar-refractivity contribution < 1.29 is 38.2 Å². The molecule has 1 saturated heterocycles. The zero-order valence-electron chi connectivity index (χ0n) is 10.7. The van der Waals surface area contributed by atoms with Crippen molar-refractivity contribution in [3.63, 3.8) is 0 Å². The molecule has 0 spiro atoms. The largest absolute Gasteiger partial charge is 0.470 e. The number of phosphoric acid groups is 1. The van der Waals surface area contributed by atoms with Crippen molar-refractivity contribution in [1.82, 2.24) is 9.55 Å². The third-order valence-electron chi connectivity index (χ3n) is 2.95. The van der Waals surface area contributed by atoms with E-state index < -0.39 is 50.0 Å². The van der Waals surface area contributed by atoms with Gasteiger partial charge in [0.15, 0.2) is 6.10 Å². The lowest BCUT2D eigenvalue weighted by atomic mass is 10.1. The fourth-order valence-corrected chi connectivity index (χ4v) is 2.61. The van der Waals surface area contributed by atoms with Crippen LogP contribution in [0, 0.1) is 0 Å². The second kappa shape index (κ2) is 5.66. The molecule has 1 aliphatic heterocycles. The van der Waals surface area contributed by atoms with Crippen LogP contribution in [0.15, 0.2) is 21.9 Å². The number of alkyl halides is 1. The molecule has 0 radical (unpaired) electrons. The maximum atomic E-state index is 14.8. The molecule has 5 N–H and O–H groups in total. The topological polar surface area (TPSA) is 171 Å². The van der Waals surface area contributed by atoms with Gasteiger partial charge in [0.25, 0.3) is 5.56 Å². The number of hydrogen-bond acceptors (Lipinski definition) is 7. The lowest BCUT2D eigenvalue weighted by Crippen LogP contribution is -2.48. The molecule has 0 aromatic carbocycles. The van der Waals surface area contributed by atoms with Gasteiger partial charge in [-0.1, -0.05) is 0 Å². The van der Waals surface area contributed by atoms with Crippen molar-refractivity contribution in [2.45, 2.75) is 24.3 Å². The van der Waals surface area contributed by atoms with Crippen LogP contribution in [0.2, 0.25) is 0 Å². The Hall–Kier alpha value is -1.40. The molecule has 0 unspecified atom stereocenters. The van der Waals surface area contributed by atoms with E-state index in [2.05, 4.69) is 9.26 Å². The van der Waals surface area contributed by atoms with E-state index in [1.807, 2.05) is 0 Å². The molecule has 2 rings (SSSR count). The smallest absolute Gasteiger partial charge is 0.394 e. The van der Waals surface area contributed by atoms with Crippen LogP contribution >= 0.6 is 7.82 Å². The number of rotatable bonds is 4. The fourth-order valence-electron chi connectivity index (χ4n) is 2.04. The zero-order valence-corrected chi connectivity index (χ0v) is 11.6. The van der Waals surface area contributed by atoms with Gasteiger partial charge in [-0.3, -0.25) is 14.3 Å². The number of hydrogen-bond donors (Lipinski definition) is 5. The van der Waals surface area contributed by atoms with Crippen LogP contribution in [-0.4, -0.2) is 54.5 Å². The number of phosphoric ester groups is 1. The van der Waals surface area contributed by atoms with Gasteiger partial charge in [0.05, 0.1) is 6.61 Å². The minimum Gasteiger partial charge on any atom is -0.394 e. The summed E-state index contributed by atoms with van der Waals surface area (Å²) >= 11 is 0. The molecule has 4 atom stereocenters. The summed E-state index contributed by atoms with van der Waals surface area (Å²) in [6.45, 7) is -0.953. The highest BCUT2D eigenvalue weighted by Crippen LogP contribution is 2.45. The van der Waals surface area contributed by atoms with Crippen molar-refractivity contribution in [3.05, 3.63) is 33.1 Å². The highest BCUT2D eigenvalue weighted by atomic mass is 31.2. The van der Waals surface area contributed by atoms with Crippen molar-refractivity contribution >= 4 is 7.82 Å². The van der Waals surface area contributed by atoms with E-state index in [1.54, 1.807) is 4.98 Å². The number of aromatic nitrogens is 2. The summed E-state index contributed by atoms with van der Waals surface area (Å²) in [6, 6.07) is 0.768. The van der Waals surface area contributed by atoms with E-state index in [4.69, 9.17) is 14.9 Å². The van der Waals surface area contributed by atoms with Crippen LogP contribution in [0.1, 0.15) is 0 Å². The average molecular weight is 342 g/mol. The summed E-state index contributed by atoms with van der Waals surface area (Å²) in [6.07, 6.45) is -5.29. The first kappa shape index (κ1) is 17.0. The van der Waals surface area contributed by atoms with E-state index in [9.17, 15) is 23.7 Å². The molecule has 2 heterocycles. The van der Waals surface area contributed by atoms with Gasteiger partial charge in [-0.25, -0.2) is 13.9 Å². The summed E-state index contributed by atoms with van der Waals surface area (Å²) < 4.78 is 34.7. The second-order valence-corrected chi connectivity index (χ2v) is 5.63. The van der Waals surface area contributed by atoms with E-state index >= 15 is 0 Å². The summed E-state index contributed by atoms with van der Waals surface area (Å²) in [5.74, 6) is -3.30. The van der Waals surface area contributed by atoms with Crippen LogP contribution in [0.25, 0.3) is 0 Å². The van der Waals surface area contributed by atoms with E-state index in [0.717, 1.165) is 6.07 Å². The number of aliphatic hydroxyl groups is 2. The summed E-state index contributed by atoms with van der Waals surface area (Å²) in [5, 5.41) is 19.0. The molecule has 13 heteroatoms. The average Bonchev–Trinajstić information content (AvgIpc) is 2.62. The predicted octanol–water partition coefficient (Wildman–Crippen LogP) is -2.65. The van der Waals surface area contributed by atoms with Crippen LogP contribution in [0.3, 0.4) is 0 Å². The van der Waals surface area contributed by atoms with E-state index in [1.165, 1.54) is 0 Å². The minimum absolute atomic E-state index is 0.171. The summed E-state index contributed by atoms with van der Waals surface area (Å²) in [5.41, 5.74) is -2.11. The van der Waals surface area contributed by atoms with Crippen molar-refractivity contribution in [2.75, 3.05) is 6.61 Å². The molecule has 0 bridgehead atoms. The number of H-pyrrole nitrogens is 1. The molecule has 0 saturated carbocycles. The Morgan fingerprint density at radius 3 is 2.64 bits per heavy atom. The number of halogens is 1. The zero-order chi connectivity index (χ0) is 16.7. The maximum absolute atomic E-state index is 14.8. The van der Waals surface area contributed by atoms with E-state index in [0.29, 0.717) is 6.20 Å². The Balaban J connectivity index is 2.45. The van der Waals surface area contributed by atoms with E-state index in [-0.39, 0.29) is 4.57 Å². The van der Waals surface area contributed by atoms with Crippen molar-refractivity contribution in [2.24, 2.45) is 0 Å². The monoisotopic (exact) mass is 342 g/mol. The Morgan fingerprint density at radius 2 is 2.14 bits per heavy atom. The Kier molecular flexibility index (Phi) is 4.37. The van der Waals surface area contributed by atoms with Crippen LogP contribution in [-0.2, 0) is 19.8 Å². The molecular weight excluding hydrogens is 330 g/mol. The summed E-state index contributed by atoms with van der Waals surface area (Å²) in [7, 11) is -5.13. The predicted molar refractivity (Wildman–Crippen MR) is 65.3 cm³/mol. The molecule has 1 fully saturated rings. The Morgan fingerprint density at radius 1 is 1.50 bits per heavy atom. The molecule has 0 aliphatic carbocycles. The Bertz CT molecular complexity index is 714. The normalized spacial score (nSPS) is 32.3. The first-order valence-electron chi connectivity index (χ1n) is 5.80. The number of ether oxygens (including phenoxy) is 1. The highest BCUT2D eigenvalue weighted by molar-refractivity contribution is 7.46. The molecule has 1 aliphatic rings. The van der Waals surface area contributed by atoms with Gasteiger partial charge in [-0.15, -0.1) is 0 Å². The standard InChI is InChI=1S/C9H12FN2O9P/c10-9(12-2-1-5(14)11-8(12)16)7(15)6(4(3-13)20-9)21-22(17,18)19/h1-2,4,6-7,13,15H,3H2,(H,11,14,16)(H2,17,18,19)/t4-,6-,7-,9+/m1/s1. The fraction of sp³-hybridized carbons (Fsp3) is 0.556. The van der Waals surface area contributed by atoms with Gasteiger partial charge in [-0.2, -0.15) is 4.39 Å². The second-order valence-electron chi connectivity index (χ2n) is 4.43. The number of nitrogens with zero attached hydrogens (tertiary/aromatic N) is 1. The maximum Gasteiger partial charge on any atom is 0.470 e. The number of nitrogens with one attached hydrogen (secondary N) is 1. The van der Waals surface area contributed by atoms with Gasteiger partial charge in [0.2, 0.25) is 0 Å². The first-order chi connectivity index (χ1) is 10.1. The lowest BCUT2D eigenvalue weighted by molar-refractivity contribution is -0.239. The third kappa shape index (κ3) is 3.03. The van der Waals surface area contributed by atoms with Gasteiger partial charge in [-0.05, 0) is 0 Å². The molecule has 0 amide bonds. The van der Waals surface area contributed by atoms with Crippen LogP contribution in [0.5, 0.6) is 0 Å². The minimum atomic E-state index is -5.13. The molecule has 22 heavy (non-hydrogen) atoms. The molecular formula is C9H12FN2O9P. The van der Waals surface area contributed by atoms with Gasteiger partial charge in [0, 0.05) is 12.3 Å². The first-order valence-corrected chi connectivity index (χ1v) is 7.33. The van der Waals surface area contributed by atoms with Gasteiger partial charge in [0.1, 0.15) is 12.2 Å². The summed E-state index contributed by atoms with van der Waals surface area (Å²) in [4.78, 5) is 41.7. The van der Waals surface area contributed by atoms with Gasteiger partial charge < -0.3 is 24.7 Å². The number of aromatic amines is 1. The molecule has 1 aromatic rings. The van der Waals surface area contributed by atoms with Crippen LogP contribution in [0.4, 0.5) is 4.39 Å². The van der Waals surface area contributed by atoms with Crippen molar-refractivity contribution in [1.29, 1.82) is 0 Å². The Labute approximate surface area is 120 Å². The number of aliphatic hydroxyl groups excluding tert-OH is 2. The SMILES string of the molecule is O=c1ccn([C@]2(F)O[C@H](CO)[C@@H](OP(=O)(O)O)[C@H]2O)c(=O)[nH]1. The van der Waals surface area contributed by atoms with Crippen LogP contribution < -0.4 is 11.2 Å².